The van der Waals surface area contributed by atoms with Crippen LogP contribution >= 0.6 is 0 Å². The summed E-state index contributed by atoms with van der Waals surface area (Å²) in [4.78, 5) is 22.9. The van der Waals surface area contributed by atoms with E-state index in [9.17, 15) is 10.1 Å². The summed E-state index contributed by atoms with van der Waals surface area (Å²) in [6.07, 6.45) is 5.19. The lowest BCUT2D eigenvalue weighted by molar-refractivity contribution is 0.0827. The van der Waals surface area contributed by atoms with Gasteiger partial charge in [-0.2, -0.15) is 5.26 Å². The van der Waals surface area contributed by atoms with E-state index in [2.05, 4.69) is 21.4 Å². The zero-order valence-corrected chi connectivity index (χ0v) is 20.9. The summed E-state index contributed by atoms with van der Waals surface area (Å²) in [6, 6.07) is 13.2. The van der Waals surface area contributed by atoms with Crippen LogP contribution in [0.4, 0.5) is 5.82 Å². The third-order valence-electron chi connectivity index (χ3n) is 6.41. The maximum Gasteiger partial charge on any atom is 0.253 e. The minimum absolute atomic E-state index is 0.117. The van der Waals surface area contributed by atoms with Gasteiger partial charge in [-0.3, -0.25) is 9.78 Å². The number of anilines is 1. The number of methoxy groups -OCH3 is 1. The minimum atomic E-state index is -0.117. The summed E-state index contributed by atoms with van der Waals surface area (Å²) in [5.41, 5.74) is 4.44. The van der Waals surface area contributed by atoms with Crippen molar-refractivity contribution in [2.24, 2.45) is 0 Å². The third-order valence-corrected chi connectivity index (χ3v) is 6.41. The van der Waals surface area contributed by atoms with Gasteiger partial charge in [-0.1, -0.05) is 0 Å². The molecule has 9 nitrogen and oxygen atoms in total. The first-order valence-corrected chi connectivity index (χ1v) is 12.0. The molecule has 0 saturated carbocycles. The van der Waals surface area contributed by atoms with E-state index in [-0.39, 0.29) is 11.9 Å². The predicted molar refractivity (Wildman–Crippen MR) is 139 cm³/mol. The van der Waals surface area contributed by atoms with Crippen LogP contribution in [0, 0.1) is 11.3 Å². The van der Waals surface area contributed by atoms with Crippen molar-refractivity contribution in [2.75, 3.05) is 39.7 Å². The van der Waals surface area contributed by atoms with E-state index in [1.807, 2.05) is 18.2 Å². The van der Waals surface area contributed by atoms with Gasteiger partial charge in [0.2, 0.25) is 0 Å². The summed E-state index contributed by atoms with van der Waals surface area (Å²) in [6.45, 7) is 1.40. The molecule has 5 rings (SSSR count). The van der Waals surface area contributed by atoms with E-state index in [1.165, 1.54) is 4.90 Å². The standard InChI is InChI=1S/C28H27N5O4/c1-33(2)28(34)17-4-5-22(24(13-17)35-3)25-14-23-26(37-25)21(6-9-30-23)19-12-18(15-29)27(31-16-19)32-20-7-10-36-11-8-20/h4-6,9,12-14,16,20H,7-8,10-11H2,1-3H3,(H,31,32). The molecule has 0 aliphatic carbocycles. The first-order chi connectivity index (χ1) is 18.0. The van der Waals surface area contributed by atoms with E-state index in [1.54, 1.807) is 51.8 Å². The Morgan fingerprint density at radius 1 is 1.14 bits per heavy atom. The number of aromatic nitrogens is 2. The fourth-order valence-corrected chi connectivity index (χ4v) is 4.43. The van der Waals surface area contributed by atoms with Crippen LogP contribution in [0.1, 0.15) is 28.8 Å². The molecule has 0 atom stereocenters. The average molecular weight is 498 g/mol. The van der Waals surface area contributed by atoms with Crippen molar-refractivity contribution in [3.63, 3.8) is 0 Å². The van der Waals surface area contributed by atoms with Crippen molar-refractivity contribution in [3.8, 4) is 34.3 Å². The first kappa shape index (κ1) is 24.3. The minimum Gasteiger partial charge on any atom is -0.496 e. The smallest absolute Gasteiger partial charge is 0.253 e. The van der Waals surface area contributed by atoms with Gasteiger partial charge in [-0.05, 0) is 43.2 Å². The van der Waals surface area contributed by atoms with E-state index < -0.39 is 0 Å². The van der Waals surface area contributed by atoms with Crippen LogP contribution in [0.25, 0.3) is 33.6 Å². The molecule has 1 saturated heterocycles. The van der Waals surface area contributed by atoms with Crippen LogP contribution < -0.4 is 10.1 Å². The van der Waals surface area contributed by atoms with Crippen LogP contribution in [0.5, 0.6) is 5.75 Å². The molecule has 1 aromatic carbocycles. The Morgan fingerprint density at radius 3 is 2.68 bits per heavy atom. The summed E-state index contributed by atoms with van der Waals surface area (Å²) in [7, 11) is 4.96. The highest BCUT2D eigenvalue weighted by atomic mass is 16.5. The largest absolute Gasteiger partial charge is 0.496 e. The Morgan fingerprint density at radius 2 is 1.95 bits per heavy atom. The Balaban J connectivity index is 1.51. The highest BCUT2D eigenvalue weighted by Gasteiger charge is 2.20. The monoisotopic (exact) mass is 497 g/mol. The molecule has 0 bridgehead atoms. The van der Waals surface area contributed by atoms with Crippen molar-refractivity contribution >= 4 is 22.8 Å². The average Bonchev–Trinajstić information content (AvgIpc) is 3.37. The number of amides is 1. The molecule has 1 aliphatic rings. The van der Waals surface area contributed by atoms with Crippen LogP contribution in [0.15, 0.2) is 53.2 Å². The molecule has 0 unspecified atom stereocenters. The fourth-order valence-electron chi connectivity index (χ4n) is 4.43. The van der Waals surface area contributed by atoms with E-state index >= 15 is 0 Å². The lowest BCUT2D eigenvalue weighted by Crippen LogP contribution is -2.28. The number of ether oxygens (including phenoxy) is 2. The molecule has 3 aromatic heterocycles. The van der Waals surface area contributed by atoms with Crippen molar-refractivity contribution in [3.05, 3.63) is 59.9 Å². The number of pyridine rings is 2. The van der Waals surface area contributed by atoms with Crippen molar-refractivity contribution in [2.45, 2.75) is 18.9 Å². The highest BCUT2D eigenvalue weighted by molar-refractivity contribution is 5.96. The zero-order valence-electron chi connectivity index (χ0n) is 20.9. The van der Waals surface area contributed by atoms with Gasteiger partial charge in [0, 0.05) is 68.5 Å². The second-order valence-electron chi connectivity index (χ2n) is 9.06. The van der Waals surface area contributed by atoms with Gasteiger partial charge in [0.05, 0.1) is 18.2 Å². The maximum absolute atomic E-state index is 12.4. The van der Waals surface area contributed by atoms with Crippen molar-refractivity contribution in [1.82, 2.24) is 14.9 Å². The number of carbonyl (C=O) groups excluding carboxylic acids is 1. The topological polar surface area (TPSA) is 114 Å². The Kier molecular flexibility index (Phi) is 6.75. The van der Waals surface area contributed by atoms with Crippen molar-refractivity contribution in [1.29, 1.82) is 5.26 Å². The van der Waals surface area contributed by atoms with Crippen molar-refractivity contribution < 1.29 is 18.7 Å². The Labute approximate surface area is 214 Å². The number of nitrogens with zero attached hydrogens (tertiary/aromatic N) is 4. The van der Waals surface area contributed by atoms with Crippen LogP contribution in [-0.2, 0) is 4.74 Å². The summed E-state index contributed by atoms with van der Waals surface area (Å²) < 4.78 is 17.3. The zero-order chi connectivity index (χ0) is 25.9. The second-order valence-corrected chi connectivity index (χ2v) is 9.06. The molecule has 4 heterocycles. The predicted octanol–water partition coefficient (Wildman–Crippen LogP) is 4.73. The molecule has 1 amide bonds. The van der Waals surface area contributed by atoms with Gasteiger partial charge < -0.3 is 24.1 Å². The molecule has 9 heteroatoms. The van der Waals surface area contributed by atoms with Crippen LogP contribution in [0.2, 0.25) is 0 Å². The molecule has 37 heavy (non-hydrogen) atoms. The molecule has 1 aliphatic heterocycles. The SMILES string of the molecule is COc1cc(C(=O)N(C)C)ccc1-c1cc2nccc(-c3cnc(NC4CCOCC4)c(C#N)c3)c2o1. The number of hydrogen-bond donors (Lipinski definition) is 1. The number of furan rings is 1. The highest BCUT2D eigenvalue weighted by Crippen LogP contribution is 2.38. The molecular weight excluding hydrogens is 470 g/mol. The van der Waals surface area contributed by atoms with Crippen LogP contribution in [0.3, 0.4) is 0 Å². The number of benzene rings is 1. The number of carbonyl (C=O) groups is 1. The van der Waals surface area contributed by atoms with Gasteiger partial charge in [0.1, 0.15) is 28.9 Å². The summed E-state index contributed by atoms with van der Waals surface area (Å²) in [5, 5.41) is 13.2. The number of rotatable bonds is 6. The Hall–Kier alpha value is -4.42. The number of nitriles is 1. The lowest BCUT2D eigenvalue weighted by Gasteiger charge is -2.24. The molecule has 0 radical (unpaired) electrons. The normalized spacial score (nSPS) is 13.8. The van der Waals surface area contributed by atoms with E-state index in [4.69, 9.17) is 13.9 Å². The number of nitrogens with one attached hydrogen (secondary N) is 1. The first-order valence-electron chi connectivity index (χ1n) is 12.0. The van der Waals surface area contributed by atoms with Gasteiger partial charge in [0.25, 0.3) is 5.91 Å². The lowest BCUT2D eigenvalue weighted by atomic mass is 10.0. The molecule has 1 N–H and O–H groups in total. The molecule has 0 spiro atoms. The molecule has 1 fully saturated rings. The quantitative estimate of drug-likeness (QED) is 0.407. The summed E-state index contributed by atoms with van der Waals surface area (Å²) >= 11 is 0. The van der Waals surface area contributed by atoms with E-state index in [0.29, 0.717) is 58.3 Å². The molecule has 188 valence electrons. The number of fused-ring (bicyclic) bond motifs is 1. The summed E-state index contributed by atoms with van der Waals surface area (Å²) in [5.74, 6) is 1.53. The van der Waals surface area contributed by atoms with Gasteiger partial charge in [0.15, 0.2) is 5.58 Å². The van der Waals surface area contributed by atoms with Gasteiger partial charge in [-0.15, -0.1) is 0 Å². The third kappa shape index (κ3) is 4.84. The van der Waals surface area contributed by atoms with Gasteiger partial charge in [-0.25, -0.2) is 4.98 Å². The van der Waals surface area contributed by atoms with Gasteiger partial charge >= 0.3 is 0 Å². The van der Waals surface area contributed by atoms with E-state index in [0.717, 1.165) is 24.0 Å². The molecule has 4 aromatic rings. The fraction of sp³-hybridized carbons (Fsp3) is 0.286. The van der Waals surface area contributed by atoms with Crippen LogP contribution in [-0.4, -0.2) is 61.2 Å². The molecular formula is C28H27N5O4. The maximum atomic E-state index is 12.4. The number of hydrogen-bond acceptors (Lipinski definition) is 8. The second kappa shape index (κ2) is 10.3. The Bertz CT molecular complexity index is 1500.